The van der Waals surface area contributed by atoms with Gasteiger partial charge >= 0.3 is 5.97 Å². The zero-order chi connectivity index (χ0) is 23.8. The lowest BCUT2D eigenvalue weighted by Crippen LogP contribution is -2.41. The molecule has 0 saturated heterocycles. The Labute approximate surface area is 196 Å². The summed E-state index contributed by atoms with van der Waals surface area (Å²) in [4.78, 5) is 32.7. The fourth-order valence-corrected chi connectivity index (χ4v) is 4.32. The summed E-state index contributed by atoms with van der Waals surface area (Å²) in [7, 11) is 0. The van der Waals surface area contributed by atoms with Crippen molar-refractivity contribution in [1.82, 2.24) is 4.90 Å². The third kappa shape index (κ3) is 6.67. The molecule has 0 bridgehead atoms. The molecule has 2 atom stereocenters. The first-order valence-electron chi connectivity index (χ1n) is 11.6. The zero-order valence-corrected chi connectivity index (χ0v) is 20.0. The predicted molar refractivity (Wildman–Crippen MR) is 130 cm³/mol. The van der Waals surface area contributed by atoms with Crippen molar-refractivity contribution < 1.29 is 19.2 Å². The third-order valence-corrected chi connectivity index (χ3v) is 5.84. The second kappa shape index (κ2) is 11.6. The number of cyclic esters (lactones) is 1. The molecule has 2 heterocycles. The van der Waals surface area contributed by atoms with Crippen molar-refractivity contribution in [2.24, 2.45) is 5.16 Å². The number of ether oxygens (including phenoxy) is 1. The first kappa shape index (κ1) is 24.5. The number of allylic oxidation sites excluding steroid dienone is 3. The summed E-state index contributed by atoms with van der Waals surface area (Å²) >= 11 is 0. The maximum Gasteiger partial charge on any atom is 0.338 e. The first-order valence-corrected chi connectivity index (χ1v) is 11.6. The van der Waals surface area contributed by atoms with Crippen molar-refractivity contribution in [3.63, 3.8) is 0 Å². The number of hydrogen-bond donors (Lipinski definition) is 0. The average Bonchev–Trinajstić information content (AvgIpc) is 3.09. The van der Waals surface area contributed by atoms with Crippen LogP contribution in [0.2, 0.25) is 0 Å². The Morgan fingerprint density at radius 2 is 1.79 bits per heavy atom. The van der Waals surface area contributed by atoms with Crippen LogP contribution in [0.1, 0.15) is 60.2 Å². The lowest BCUT2D eigenvalue weighted by Gasteiger charge is -2.25. The van der Waals surface area contributed by atoms with Crippen molar-refractivity contribution in [3.05, 3.63) is 70.8 Å². The van der Waals surface area contributed by atoms with Gasteiger partial charge in [0, 0.05) is 18.5 Å². The topological polar surface area (TPSA) is 68.2 Å². The summed E-state index contributed by atoms with van der Waals surface area (Å²) in [6.45, 7) is 8.12. The van der Waals surface area contributed by atoms with Crippen LogP contribution in [0.4, 0.5) is 0 Å². The van der Waals surface area contributed by atoms with Crippen LogP contribution in [0.3, 0.4) is 0 Å². The number of aryl methyl sites for hydroxylation is 2. The zero-order valence-electron chi connectivity index (χ0n) is 20.0. The van der Waals surface area contributed by atoms with E-state index >= 15 is 0 Å². The number of oxime groups is 1. The van der Waals surface area contributed by atoms with Gasteiger partial charge in [-0.3, -0.25) is 4.79 Å². The van der Waals surface area contributed by atoms with Crippen molar-refractivity contribution in [1.29, 1.82) is 0 Å². The van der Waals surface area contributed by atoms with Gasteiger partial charge in [0.1, 0.15) is 0 Å². The lowest BCUT2D eigenvalue weighted by atomic mass is 9.95. The highest BCUT2D eigenvalue weighted by Crippen LogP contribution is 2.21. The molecule has 3 rings (SSSR count). The molecule has 0 fully saturated rings. The van der Waals surface area contributed by atoms with Gasteiger partial charge in [0.15, 0.2) is 6.61 Å². The number of benzene rings is 1. The van der Waals surface area contributed by atoms with Crippen molar-refractivity contribution >= 4 is 17.6 Å². The molecule has 6 heteroatoms. The highest BCUT2D eigenvalue weighted by molar-refractivity contribution is 6.00. The number of nitrogens with zero attached hydrogens (tertiary/aromatic N) is 2. The largest absolute Gasteiger partial charge is 0.462 e. The first-order chi connectivity index (χ1) is 15.9. The van der Waals surface area contributed by atoms with E-state index in [0.29, 0.717) is 30.7 Å². The molecule has 33 heavy (non-hydrogen) atoms. The van der Waals surface area contributed by atoms with Crippen molar-refractivity contribution in [2.75, 3.05) is 13.2 Å². The van der Waals surface area contributed by atoms with Crippen molar-refractivity contribution in [3.8, 4) is 0 Å². The minimum atomic E-state index is -0.322. The number of carbonyl (C=O) groups is 2. The molecule has 6 nitrogen and oxygen atoms in total. The highest BCUT2D eigenvalue weighted by Gasteiger charge is 2.27. The van der Waals surface area contributed by atoms with E-state index in [1.54, 1.807) is 4.90 Å². The summed E-state index contributed by atoms with van der Waals surface area (Å²) in [5.41, 5.74) is 4.01. The number of rotatable bonds is 3. The Morgan fingerprint density at radius 1 is 1.09 bits per heavy atom. The van der Waals surface area contributed by atoms with Crippen LogP contribution < -0.4 is 0 Å². The Bertz CT molecular complexity index is 978. The summed E-state index contributed by atoms with van der Waals surface area (Å²) in [5.74, 6) is -0.424. The third-order valence-electron chi connectivity index (χ3n) is 5.84. The second-order valence-corrected chi connectivity index (χ2v) is 8.69. The molecule has 0 spiro atoms. The maximum atomic E-state index is 12.8. The normalized spacial score (nSPS) is 23.7. The van der Waals surface area contributed by atoms with E-state index in [-0.39, 0.29) is 30.6 Å². The van der Waals surface area contributed by atoms with Crippen LogP contribution in [0.25, 0.3) is 0 Å². The Hall–Kier alpha value is -3.15. The average molecular weight is 451 g/mol. The Morgan fingerprint density at radius 3 is 2.55 bits per heavy atom. The van der Waals surface area contributed by atoms with Crippen LogP contribution in [0.5, 0.6) is 0 Å². The fraction of sp³-hybridized carbons (Fsp3) is 0.444. The van der Waals surface area contributed by atoms with Gasteiger partial charge in [-0.15, -0.1) is 0 Å². The standard InChI is InChI=1S/C27H34N2O4/c1-19-15-20(2)26-23(16-19)17-24(11-9-7-5-6-8-10-14-32-27(26)31)28-33-18-25(30)29-21(3)12-13-22(29)4/h6,8-9,11-13,15-16,21-22H,5,7,10,14,17-18H2,1-4H3/b8-6+,11-9?,28-24+. The monoisotopic (exact) mass is 450 g/mol. The van der Waals surface area contributed by atoms with Crippen LogP contribution in [0, 0.1) is 13.8 Å². The molecule has 2 aliphatic rings. The summed E-state index contributed by atoms with van der Waals surface area (Å²) in [6, 6.07) is 4.07. The summed E-state index contributed by atoms with van der Waals surface area (Å²) < 4.78 is 5.52. The van der Waals surface area contributed by atoms with Crippen molar-refractivity contribution in [2.45, 2.75) is 65.5 Å². The van der Waals surface area contributed by atoms with E-state index in [1.165, 1.54) is 0 Å². The molecular formula is C27H34N2O4. The predicted octanol–water partition coefficient (Wildman–Crippen LogP) is 4.85. The van der Waals surface area contributed by atoms with Crippen LogP contribution >= 0.6 is 0 Å². The van der Waals surface area contributed by atoms with Gasteiger partial charge in [0.2, 0.25) is 0 Å². The minimum absolute atomic E-state index is 0.0508. The van der Waals surface area contributed by atoms with Gasteiger partial charge in [-0.1, -0.05) is 53.2 Å². The SMILES string of the molecule is Cc1cc(C)c2c(c1)C/C(=N/OCC(=O)N1C(C)C=CC1C)C=CCC/C=C/CCOC2=O. The van der Waals surface area contributed by atoms with Gasteiger partial charge in [-0.2, -0.15) is 0 Å². The molecule has 176 valence electrons. The van der Waals surface area contributed by atoms with E-state index in [0.717, 1.165) is 29.5 Å². The van der Waals surface area contributed by atoms with E-state index in [1.807, 2.05) is 64.1 Å². The second-order valence-electron chi connectivity index (χ2n) is 8.69. The van der Waals surface area contributed by atoms with Crippen LogP contribution in [-0.4, -0.2) is 47.8 Å². The van der Waals surface area contributed by atoms with Crippen LogP contribution in [0.15, 0.2) is 53.7 Å². The molecule has 0 aromatic heterocycles. The molecular weight excluding hydrogens is 416 g/mol. The molecule has 1 amide bonds. The summed E-state index contributed by atoms with van der Waals surface area (Å²) in [5, 5.41) is 4.29. The van der Waals surface area contributed by atoms with Gasteiger partial charge in [0.05, 0.1) is 17.9 Å². The molecule has 2 unspecified atom stereocenters. The number of fused-ring (bicyclic) bond motifs is 1. The molecule has 1 aromatic rings. The molecule has 0 saturated carbocycles. The van der Waals surface area contributed by atoms with Gasteiger partial charge in [0.25, 0.3) is 5.91 Å². The molecule has 0 N–H and O–H groups in total. The smallest absolute Gasteiger partial charge is 0.338 e. The highest BCUT2D eigenvalue weighted by atomic mass is 16.6. The fourth-order valence-electron chi connectivity index (χ4n) is 4.32. The quantitative estimate of drug-likeness (QED) is 0.375. The van der Waals surface area contributed by atoms with Gasteiger partial charge < -0.3 is 14.5 Å². The maximum absolute atomic E-state index is 12.8. The van der Waals surface area contributed by atoms with E-state index in [4.69, 9.17) is 9.57 Å². The Kier molecular flexibility index (Phi) is 8.64. The van der Waals surface area contributed by atoms with E-state index < -0.39 is 0 Å². The summed E-state index contributed by atoms with van der Waals surface area (Å²) in [6.07, 6.45) is 15.0. The van der Waals surface area contributed by atoms with E-state index in [9.17, 15) is 9.59 Å². The Balaban J connectivity index is 1.82. The van der Waals surface area contributed by atoms with Crippen LogP contribution in [-0.2, 0) is 20.8 Å². The minimum Gasteiger partial charge on any atom is -0.462 e. The number of esters is 1. The van der Waals surface area contributed by atoms with E-state index in [2.05, 4.69) is 17.3 Å². The molecule has 2 aliphatic heterocycles. The molecule has 0 aliphatic carbocycles. The van der Waals surface area contributed by atoms with Gasteiger partial charge in [-0.25, -0.2) is 4.79 Å². The number of carbonyl (C=O) groups excluding carboxylic acids is 2. The number of amides is 1. The molecule has 1 aromatic carbocycles. The van der Waals surface area contributed by atoms with Gasteiger partial charge in [-0.05, 0) is 64.2 Å². The molecule has 0 radical (unpaired) electrons. The lowest BCUT2D eigenvalue weighted by molar-refractivity contribution is -0.137. The number of hydrogen-bond acceptors (Lipinski definition) is 5.